The molecule has 0 spiro atoms. The molecule has 2 aliphatic rings. The van der Waals surface area contributed by atoms with Crippen LogP contribution in [0.2, 0.25) is 0 Å². The zero-order valence-corrected chi connectivity index (χ0v) is 21.4. The number of nitrogens with zero attached hydrogens (tertiary/aromatic N) is 6. The molecule has 2 aromatic heterocycles. The first-order valence-electron chi connectivity index (χ1n) is 12.9. The summed E-state index contributed by atoms with van der Waals surface area (Å²) < 4.78 is 6.20. The number of carbonyl (C=O) groups is 3. The fourth-order valence-corrected chi connectivity index (χ4v) is 5.33. The highest BCUT2D eigenvalue weighted by atomic mass is 16.5. The van der Waals surface area contributed by atoms with Gasteiger partial charge in [0.05, 0.1) is 22.5 Å². The number of primary amides is 1. The van der Waals surface area contributed by atoms with E-state index in [0.717, 1.165) is 0 Å². The van der Waals surface area contributed by atoms with Crippen LogP contribution in [0.1, 0.15) is 35.3 Å². The Kier molecular flexibility index (Phi) is 6.61. The Morgan fingerprint density at radius 2 is 1.77 bits per heavy atom. The number of amides is 3. The molecular formula is C29H25N7O4. The first-order valence-corrected chi connectivity index (χ1v) is 12.9. The average Bonchev–Trinajstić information content (AvgIpc) is 3.20. The minimum atomic E-state index is -0.951. The van der Waals surface area contributed by atoms with Crippen molar-refractivity contribution in [3.05, 3.63) is 90.5 Å². The number of nitrogens with two attached hydrogens (primary N) is 1. The van der Waals surface area contributed by atoms with Crippen molar-refractivity contribution in [2.45, 2.75) is 31.5 Å². The van der Waals surface area contributed by atoms with Crippen LogP contribution in [0.3, 0.4) is 0 Å². The zero-order valence-electron chi connectivity index (χ0n) is 21.4. The highest BCUT2D eigenvalue weighted by Crippen LogP contribution is 2.35. The van der Waals surface area contributed by atoms with Crippen LogP contribution >= 0.6 is 0 Å². The fourth-order valence-electron chi connectivity index (χ4n) is 5.33. The molecule has 2 unspecified atom stereocenters. The molecule has 4 aromatic rings. The van der Waals surface area contributed by atoms with Crippen molar-refractivity contribution >= 4 is 34.5 Å². The van der Waals surface area contributed by atoms with E-state index in [-0.39, 0.29) is 17.2 Å². The summed E-state index contributed by atoms with van der Waals surface area (Å²) in [5.41, 5.74) is 8.34. The summed E-state index contributed by atoms with van der Waals surface area (Å²) in [5.74, 6) is -0.952. The summed E-state index contributed by atoms with van der Waals surface area (Å²) in [7, 11) is 0. The number of hydrogen-bond donors (Lipinski definition) is 1. The van der Waals surface area contributed by atoms with Crippen molar-refractivity contribution in [1.82, 2.24) is 30.0 Å². The Bertz CT molecular complexity index is 1630. The highest BCUT2D eigenvalue weighted by Gasteiger charge is 2.45. The fraction of sp³-hybridized carbons (Fsp3) is 0.207. The number of fused-ring (bicyclic) bond motifs is 2. The second kappa shape index (κ2) is 10.5. The number of esters is 1. The number of urea groups is 1. The van der Waals surface area contributed by atoms with E-state index in [1.807, 2.05) is 42.5 Å². The molecule has 3 amide bonds. The maximum Gasteiger partial charge on any atom is 0.341 e. The second-order valence-electron chi connectivity index (χ2n) is 9.52. The molecule has 2 aliphatic heterocycles. The molecule has 200 valence electrons. The molecule has 1 fully saturated rings. The topological polar surface area (TPSA) is 144 Å². The van der Waals surface area contributed by atoms with E-state index in [0.29, 0.717) is 53.7 Å². The Labute approximate surface area is 229 Å². The van der Waals surface area contributed by atoms with Gasteiger partial charge in [0.15, 0.2) is 6.17 Å². The van der Waals surface area contributed by atoms with Gasteiger partial charge in [0.2, 0.25) is 0 Å². The van der Waals surface area contributed by atoms with E-state index < -0.39 is 24.3 Å². The van der Waals surface area contributed by atoms with E-state index in [4.69, 9.17) is 10.5 Å². The summed E-state index contributed by atoms with van der Waals surface area (Å²) in [6.07, 6.45) is 4.11. The summed E-state index contributed by atoms with van der Waals surface area (Å²) in [6.45, 7) is 0.379. The van der Waals surface area contributed by atoms with Gasteiger partial charge in [-0.05, 0) is 31.4 Å². The maximum absolute atomic E-state index is 14.1. The molecule has 2 aromatic carbocycles. The van der Waals surface area contributed by atoms with Crippen molar-refractivity contribution < 1.29 is 19.1 Å². The first kappa shape index (κ1) is 25.1. The van der Waals surface area contributed by atoms with Gasteiger partial charge < -0.3 is 15.4 Å². The molecule has 2 N–H and O–H groups in total. The van der Waals surface area contributed by atoms with Gasteiger partial charge in [-0.25, -0.2) is 19.6 Å². The van der Waals surface area contributed by atoms with E-state index in [1.54, 1.807) is 18.2 Å². The monoisotopic (exact) mass is 535 g/mol. The van der Waals surface area contributed by atoms with Crippen molar-refractivity contribution in [1.29, 1.82) is 0 Å². The van der Waals surface area contributed by atoms with Crippen LogP contribution in [0.15, 0.2) is 79.3 Å². The number of rotatable bonds is 4. The van der Waals surface area contributed by atoms with E-state index in [1.165, 1.54) is 28.4 Å². The third kappa shape index (κ3) is 4.51. The van der Waals surface area contributed by atoms with Crippen molar-refractivity contribution in [2.24, 2.45) is 5.73 Å². The summed E-state index contributed by atoms with van der Waals surface area (Å²) in [4.78, 5) is 51.2. The molecule has 6 rings (SSSR count). The molecule has 2 atom stereocenters. The van der Waals surface area contributed by atoms with E-state index in [2.05, 4.69) is 20.2 Å². The summed E-state index contributed by atoms with van der Waals surface area (Å²) in [5, 5.41) is 9.28. The second-order valence-corrected chi connectivity index (χ2v) is 9.52. The number of hydrogen-bond acceptors (Lipinski definition) is 8. The minimum absolute atomic E-state index is 0.227. The number of ether oxygens (including phenoxy) is 1. The van der Waals surface area contributed by atoms with Gasteiger partial charge >= 0.3 is 12.0 Å². The Hall–Kier alpha value is -5.19. The van der Waals surface area contributed by atoms with Crippen molar-refractivity contribution in [3.8, 4) is 11.3 Å². The third-order valence-corrected chi connectivity index (χ3v) is 7.12. The Morgan fingerprint density at radius 1 is 0.975 bits per heavy atom. The van der Waals surface area contributed by atoms with Gasteiger partial charge in [-0.2, -0.15) is 0 Å². The smallest absolute Gasteiger partial charge is 0.341 e. The standard InChI is InChI=1S/C29H25N7O4/c30-29(39)36-22(21-13-14-31-17-32-21)16-24(37)35-15-7-6-12-23(27(35)36)40-28(38)25-19-10-4-5-11-20(19)33-34-26(25)18-8-2-1-3-9-18/h1-5,8-11,13-14,16-17,23,27H,6-7,12,15H2,(H2,30,39). The van der Waals surface area contributed by atoms with Crippen LogP contribution in [-0.4, -0.2) is 66.7 Å². The van der Waals surface area contributed by atoms with Crippen LogP contribution in [-0.2, 0) is 9.53 Å². The van der Waals surface area contributed by atoms with Gasteiger partial charge in [0.1, 0.15) is 18.1 Å². The van der Waals surface area contributed by atoms with Gasteiger partial charge in [-0.3, -0.25) is 9.69 Å². The molecule has 0 bridgehead atoms. The van der Waals surface area contributed by atoms with Crippen LogP contribution in [0.25, 0.3) is 27.9 Å². The number of benzene rings is 2. The molecular weight excluding hydrogens is 510 g/mol. The molecule has 0 aliphatic carbocycles. The van der Waals surface area contributed by atoms with Crippen LogP contribution in [0.4, 0.5) is 4.79 Å². The summed E-state index contributed by atoms with van der Waals surface area (Å²) >= 11 is 0. The van der Waals surface area contributed by atoms with Crippen molar-refractivity contribution in [2.75, 3.05) is 6.54 Å². The lowest BCUT2D eigenvalue weighted by molar-refractivity contribution is -0.135. The normalized spacial score (nSPS) is 19.0. The van der Waals surface area contributed by atoms with Gasteiger partial charge in [0.25, 0.3) is 5.91 Å². The zero-order chi connectivity index (χ0) is 27.6. The van der Waals surface area contributed by atoms with Crippen LogP contribution in [0.5, 0.6) is 0 Å². The molecule has 0 radical (unpaired) electrons. The summed E-state index contributed by atoms with van der Waals surface area (Å²) in [6, 6.07) is 17.3. The largest absolute Gasteiger partial charge is 0.454 e. The number of carbonyl (C=O) groups excluding carboxylic acids is 3. The van der Waals surface area contributed by atoms with Crippen LogP contribution < -0.4 is 5.73 Å². The molecule has 11 nitrogen and oxygen atoms in total. The first-order chi connectivity index (χ1) is 19.5. The Balaban J connectivity index is 1.43. The molecule has 11 heteroatoms. The quantitative estimate of drug-likeness (QED) is 0.392. The Morgan fingerprint density at radius 3 is 2.55 bits per heavy atom. The highest BCUT2D eigenvalue weighted by molar-refractivity contribution is 6.08. The van der Waals surface area contributed by atoms with Crippen LogP contribution in [0, 0.1) is 0 Å². The maximum atomic E-state index is 14.1. The van der Waals surface area contributed by atoms with Gasteiger partial charge in [-0.1, -0.05) is 48.5 Å². The predicted molar refractivity (Wildman–Crippen MR) is 145 cm³/mol. The van der Waals surface area contributed by atoms with Gasteiger partial charge in [0, 0.05) is 29.8 Å². The average molecular weight is 536 g/mol. The van der Waals surface area contributed by atoms with Crippen molar-refractivity contribution in [3.63, 3.8) is 0 Å². The van der Waals surface area contributed by atoms with E-state index >= 15 is 0 Å². The lowest BCUT2D eigenvalue weighted by Gasteiger charge is -2.44. The third-order valence-electron chi connectivity index (χ3n) is 7.12. The molecule has 1 saturated heterocycles. The molecule has 4 heterocycles. The SMILES string of the molecule is NC(=O)N1C(c2ccncn2)=CC(=O)N2CCCCC(OC(=O)c3c(-c4ccccc4)nnc4ccccc34)C21. The van der Waals surface area contributed by atoms with E-state index in [9.17, 15) is 14.4 Å². The predicted octanol–water partition coefficient (Wildman–Crippen LogP) is 3.39. The minimum Gasteiger partial charge on any atom is -0.454 e. The lowest BCUT2D eigenvalue weighted by atomic mass is 10.0. The lowest BCUT2D eigenvalue weighted by Crippen LogP contribution is -2.61. The number of aromatic nitrogens is 4. The molecule has 0 saturated carbocycles. The molecule has 40 heavy (non-hydrogen) atoms. The van der Waals surface area contributed by atoms with Gasteiger partial charge in [-0.15, -0.1) is 10.2 Å².